The van der Waals surface area contributed by atoms with Gasteiger partial charge >= 0.3 is 5.97 Å². The molecular weight excluding hydrogens is 251 g/mol. The molecule has 2 aromatic rings. The highest BCUT2D eigenvalue weighted by atomic mass is 19.1. The molecule has 1 amide bonds. The number of pyridine rings is 1. The number of rotatable bonds is 3. The largest absolute Gasteiger partial charge is 0.478 e. The van der Waals surface area contributed by atoms with E-state index in [2.05, 4.69) is 10.3 Å². The van der Waals surface area contributed by atoms with E-state index in [4.69, 9.17) is 5.11 Å². The zero-order valence-corrected chi connectivity index (χ0v) is 9.63. The van der Waals surface area contributed by atoms with Gasteiger partial charge in [-0.3, -0.25) is 9.78 Å². The number of aromatic nitrogens is 1. The molecule has 1 aromatic heterocycles. The molecule has 96 valence electrons. The number of nitrogens with zero attached hydrogens (tertiary/aromatic N) is 1. The van der Waals surface area contributed by atoms with Crippen molar-refractivity contribution in [2.75, 3.05) is 5.32 Å². The molecule has 5 nitrogen and oxygen atoms in total. The van der Waals surface area contributed by atoms with Gasteiger partial charge in [0.05, 0.1) is 17.4 Å². The van der Waals surface area contributed by atoms with Gasteiger partial charge in [0.15, 0.2) is 5.82 Å². The van der Waals surface area contributed by atoms with E-state index < -0.39 is 17.7 Å². The summed E-state index contributed by atoms with van der Waals surface area (Å²) in [7, 11) is 0. The van der Waals surface area contributed by atoms with Gasteiger partial charge in [0.25, 0.3) is 5.91 Å². The van der Waals surface area contributed by atoms with Gasteiger partial charge in [-0.25, -0.2) is 9.18 Å². The van der Waals surface area contributed by atoms with Crippen LogP contribution in [0.15, 0.2) is 42.7 Å². The maximum Gasteiger partial charge on any atom is 0.335 e. The van der Waals surface area contributed by atoms with Gasteiger partial charge in [0.2, 0.25) is 0 Å². The molecule has 0 atom stereocenters. The smallest absolute Gasteiger partial charge is 0.335 e. The van der Waals surface area contributed by atoms with Crippen LogP contribution in [0.1, 0.15) is 20.7 Å². The van der Waals surface area contributed by atoms with Crippen LogP contribution in [0.3, 0.4) is 0 Å². The number of carboxylic acids is 1. The second-order valence-corrected chi connectivity index (χ2v) is 3.69. The van der Waals surface area contributed by atoms with Crippen molar-refractivity contribution in [1.82, 2.24) is 4.98 Å². The minimum Gasteiger partial charge on any atom is -0.478 e. The standard InChI is InChI=1S/C13H9FN2O3/c14-10-7-15-6-5-11(10)16-12(17)8-1-3-9(4-2-8)13(18)19/h1-7H,(H,18,19)(H,15,16,17). The van der Waals surface area contributed by atoms with Gasteiger partial charge in [-0.15, -0.1) is 0 Å². The molecule has 0 aliphatic carbocycles. The molecule has 0 spiro atoms. The third kappa shape index (κ3) is 2.92. The van der Waals surface area contributed by atoms with E-state index >= 15 is 0 Å². The molecule has 1 heterocycles. The van der Waals surface area contributed by atoms with E-state index in [0.717, 1.165) is 6.20 Å². The number of carbonyl (C=O) groups excluding carboxylic acids is 1. The molecule has 0 aliphatic heterocycles. The summed E-state index contributed by atoms with van der Waals surface area (Å²) in [5, 5.41) is 11.1. The van der Waals surface area contributed by atoms with Crippen LogP contribution in [0.4, 0.5) is 10.1 Å². The number of carbonyl (C=O) groups is 2. The monoisotopic (exact) mass is 260 g/mol. The van der Waals surface area contributed by atoms with Crippen LogP contribution in [-0.4, -0.2) is 22.0 Å². The fourth-order valence-electron chi connectivity index (χ4n) is 1.44. The fraction of sp³-hybridized carbons (Fsp3) is 0. The Hall–Kier alpha value is -2.76. The Morgan fingerprint density at radius 3 is 2.32 bits per heavy atom. The Balaban J connectivity index is 2.16. The summed E-state index contributed by atoms with van der Waals surface area (Å²) in [6.45, 7) is 0. The topological polar surface area (TPSA) is 79.3 Å². The van der Waals surface area contributed by atoms with Crippen LogP contribution < -0.4 is 5.32 Å². The number of halogens is 1. The van der Waals surface area contributed by atoms with E-state index in [-0.39, 0.29) is 16.8 Å². The highest BCUT2D eigenvalue weighted by molar-refractivity contribution is 6.04. The number of nitrogens with one attached hydrogen (secondary N) is 1. The second-order valence-electron chi connectivity index (χ2n) is 3.69. The fourth-order valence-corrected chi connectivity index (χ4v) is 1.44. The molecule has 0 fully saturated rings. The predicted octanol–water partition coefficient (Wildman–Crippen LogP) is 2.17. The van der Waals surface area contributed by atoms with Crippen LogP contribution in [0.2, 0.25) is 0 Å². The van der Waals surface area contributed by atoms with Crippen molar-refractivity contribution in [2.24, 2.45) is 0 Å². The first-order valence-electron chi connectivity index (χ1n) is 5.32. The summed E-state index contributed by atoms with van der Waals surface area (Å²) in [5.41, 5.74) is 0.329. The van der Waals surface area contributed by atoms with E-state index in [1.54, 1.807) is 0 Å². The number of benzene rings is 1. The number of anilines is 1. The van der Waals surface area contributed by atoms with E-state index in [1.807, 2.05) is 0 Å². The number of amides is 1. The minimum atomic E-state index is -1.08. The Labute approximate surface area is 107 Å². The molecular formula is C13H9FN2O3. The van der Waals surface area contributed by atoms with Crippen molar-refractivity contribution in [3.8, 4) is 0 Å². The molecule has 0 aliphatic rings. The lowest BCUT2D eigenvalue weighted by Crippen LogP contribution is -2.13. The van der Waals surface area contributed by atoms with Gasteiger partial charge in [-0.05, 0) is 30.3 Å². The third-order valence-electron chi connectivity index (χ3n) is 2.41. The highest BCUT2D eigenvalue weighted by Crippen LogP contribution is 2.13. The molecule has 6 heteroatoms. The number of hydrogen-bond donors (Lipinski definition) is 2. The molecule has 0 unspecified atom stereocenters. The zero-order chi connectivity index (χ0) is 13.8. The van der Waals surface area contributed by atoms with Crippen LogP contribution in [0.25, 0.3) is 0 Å². The predicted molar refractivity (Wildman–Crippen MR) is 65.5 cm³/mol. The molecule has 0 saturated heterocycles. The molecule has 0 saturated carbocycles. The lowest BCUT2D eigenvalue weighted by molar-refractivity contribution is 0.0696. The molecule has 19 heavy (non-hydrogen) atoms. The molecule has 1 aromatic carbocycles. The van der Waals surface area contributed by atoms with Crippen LogP contribution >= 0.6 is 0 Å². The Kier molecular flexibility index (Phi) is 3.51. The highest BCUT2D eigenvalue weighted by Gasteiger charge is 2.10. The van der Waals surface area contributed by atoms with Crippen LogP contribution in [0, 0.1) is 5.82 Å². The van der Waals surface area contributed by atoms with Gasteiger partial charge in [0, 0.05) is 11.8 Å². The number of aromatic carboxylic acids is 1. The summed E-state index contributed by atoms with van der Waals surface area (Å²) >= 11 is 0. The Morgan fingerprint density at radius 1 is 1.11 bits per heavy atom. The third-order valence-corrected chi connectivity index (χ3v) is 2.41. The summed E-state index contributed by atoms with van der Waals surface area (Å²) in [4.78, 5) is 26.0. The van der Waals surface area contributed by atoms with Crippen molar-refractivity contribution in [2.45, 2.75) is 0 Å². The first-order chi connectivity index (χ1) is 9.08. The Bertz CT molecular complexity index is 626. The van der Waals surface area contributed by atoms with Crippen molar-refractivity contribution in [1.29, 1.82) is 0 Å². The SMILES string of the molecule is O=C(O)c1ccc(C(=O)Nc2ccncc2F)cc1. The maximum absolute atomic E-state index is 13.3. The molecule has 2 rings (SSSR count). The van der Waals surface area contributed by atoms with E-state index in [1.165, 1.54) is 36.5 Å². The summed E-state index contributed by atoms with van der Waals surface area (Å²) < 4.78 is 13.3. The summed E-state index contributed by atoms with van der Waals surface area (Å²) in [6, 6.07) is 6.66. The van der Waals surface area contributed by atoms with Crippen LogP contribution in [-0.2, 0) is 0 Å². The van der Waals surface area contributed by atoms with Gasteiger partial charge in [-0.2, -0.15) is 0 Å². The van der Waals surface area contributed by atoms with Crippen LogP contribution in [0.5, 0.6) is 0 Å². The summed E-state index contributed by atoms with van der Waals surface area (Å²) in [5.74, 6) is -2.24. The Morgan fingerprint density at radius 2 is 1.74 bits per heavy atom. The zero-order valence-electron chi connectivity index (χ0n) is 9.63. The quantitative estimate of drug-likeness (QED) is 0.886. The summed E-state index contributed by atoms with van der Waals surface area (Å²) in [6.07, 6.45) is 2.34. The van der Waals surface area contributed by atoms with E-state index in [0.29, 0.717) is 0 Å². The maximum atomic E-state index is 13.3. The minimum absolute atomic E-state index is 0.0160. The average molecular weight is 260 g/mol. The number of hydrogen-bond acceptors (Lipinski definition) is 3. The van der Waals surface area contributed by atoms with Gasteiger partial charge in [0.1, 0.15) is 0 Å². The van der Waals surface area contributed by atoms with Crippen molar-refractivity contribution in [3.05, 3.63) is 59.7 Å². The number of carboxylic acid groups (broad SMARTS) is 1. The lowest BCUT2D eigenvalue weighted by atomic mass is 10.1. The molecule has 0 bridgehead atoms. The van der Waals surface area contributed by atoms with E-state index in [9.17, 15) is 14.0 Å². The van der Waals surface area contributed by atoms with Gasteiger partial charge < -0.3 is 10.4 Å². The van der Waals surface area contributed by atoms with Gasteiger partial charge in [-0.1, -0.05) is 0 Å². The van der Waals surface area contributed by atoms with Crippen molar-refractivity contribution < 1.29 is 19.1 Å². The lowest BCUT2D eigenvalue weighted by Gasteiger charge is -2.06. The molecule has 2 N–H and O–H groups in total. The first kappa shape index (κ1) is 12.7. The van der Waals surface area contributed by atoms with Crippen molar-refractivity contribution in [3.63, 3.8) is 0 Å². The first-order valence-corrected chi connectivity index (χ1v) is 5.32. The normalized spacial score (nSPS) is 9.95. The average Bonchev–Trinajstić information content (AvgIpc) is 2.41. The molecule has 0 radical (unpaired) electrons. The van der Waals surface area contributed by atoms with Crippen molar-refractivity contribution >= 4 is 17.6 Å². The second kappa shape index (κ2) is 5.26.